The summed E-state index contributed by atoms with van der Waals surface area (Å²) >= 11 is 4.92. The van der Waals surface area contributed by atoms with Crippen LogP contribution in [0.1, 0.15) is 10.4 Å². The molecule has 0 unspecified atom stereocenters. The Morgan fingerprint density at radius 1 is 1.26 bits per heavy atom. The minimum Gasteiger partial charge on any atom is -0.493 e. The van der Waals surface area contributed by atoms with Gasteiger partial charge >= 0.3 is 5.97 Å². The van der Waals surface area contributed by atoms with Crippen molar-refractivity contribution in [3.8, 4) is 11.5 Å². The second-order valence-electron chi connectivity index (χ2n) is 4.54. The third kappa shape index (κ3) is 3.16. The van der Waals surface area contributed by atoms with Crippen molar-refractivity contribution in [2.24, 2.45) is 4.99 Å². The fraction of sp³-hybridized carbons (Fsp3) is 0.125. The SMILES string of the molecule is COc1cc(Br)c(/C=C2\N=C(c3cccs3)OC2=O)cc1OC. The van der Waals surface area contributed by atoms with E-state index in [9.17, 15) is 4.79 Å². The summed E-state index contributed by atoms with van der Waals surface area (Å²) in [5, 5.41) is 1.90. The lowest BCUT2D eigenvalue weighted by atomic mass is 10.1. The van der Waals surface area contributed by atoms with Crippen molar-refractivity contribution in [3.05, 3.63) is 50.3 Å². The normalized spacial score (nSPS) is 15.5. The molecular weight excluding hydrogens is 382 g/mol. The van der Waals surface area contributed by atoms with Crippen LogP contribution in [0.2, 0.25) is 0 Å². The molecule has 5 nitrogen and oxygen atoms in total. The summed E-state index contributed by atoms with van der Waals surface area (Å²) < 4.78 is 16.5. The molecule has 0 saturated heterocycles. The number of benzene rings is 1. The van der Waals surface area contributed by atoms with Crippen molar-refractivity contribution in [3.63, 3.8) is 0 Å². The van der Waals surface area contributed by atoms with Crippen LogP contribution < -0.4 is 9.47 Å². The highest BCUT2D eigenvalue weighted by atomic mass is 79.9. The van der Waals surface area contributed by atoms with E-state index in [0.29, 0.717) is 17.4 Å². The predicted molar refractivity (Wildman–Crippen MR) is 92.2 cm³/mol. The highest BCUT2D eigenvalue weighted by molar-refractivity contribution is 9.10. The van der Waals surface area contributed by atoms with Crippen molar-refractivity contribution < 1.29 is 19.0 Å². The zero-order valence-electron chi connectivity index (χ0n) is 12.3. The van der Waals surface area contributed by atoms with E-state index < -0.39 is 5.97 Å². The molecule has 1 aromatic heterocycles. The Labute approximate surface area is 145 Å². The number of carbonyl (C=O) groups excluding carboxylic acids is 1. The van der Waals surface area contributed by atoms with Gasteiger partial charge in [-0.2, -0.15) is 0 Å². The number of ether oxygens (including phenoxy) is 3. The first-order valence-corrected chi connectivity index (χ1v) is 8.27. The molecule has 0 fully saturated rings. The molecule has 0 aliphatic carbocycles. The summed E-state index contributed by atoms with van der Waals surface area (Å²) in [6.45, 7) is 0. The van der Waals surface area contributed by atoms with Gasteiger partial charge in [0.05, 0.1) is 19.1 Å². The molecule has 0 N–H and O–H groups in total. The van der Waals surface area contributed by atoms with Crippen molar-refractivity contribution in [2.75, 3.05) is 14.2 Å². The van der Waals surface area contributed by atoms with Gasteiger partial charge in [-0.1, -0.05) is 22.0 Å². The van der Waals surface area contributed by atoms with Crippen LogP contribution >= 0.6 is 27.3 Å². The topological polar surface area (TPSA) is 57.1 Å². The molecule has 7 heteroatoms. The number of aliphatic imine (C=N–C) groups is 1. The minimum absolute atomic E-state index is 0.237. The van der Waals surface area contributed by atoms with E-state index in [-0.39, 0.29) is 5.70 Å². The lowest BCUT2D eigenvalue weighted by Crippen LogP contribution is -2.03. The highest BCUT2D eigenvalue weighted by Gasteiger charge is 2.25. The Morgan fingerprint density at radius 2 is 2.00 bits per heavy atom. The number of rotatable bonds is 4. The van der Waals surface area contributed by atoms with Gasteiger partial charge in [0.25, 0.3) is 0 Å². The van der Waals surface area contributed by atoms with Crippen molar-refractivity contribution >= 4 is 45.2 Å². The average Bonchev–Trinajstić information content (AvgIpc) is 3.19. The molecule has 0 atom stereocenters. The van der Waals surface area contributed by atoms with Crippen LogP contribution in [0.5, 0.6) is 11.5 Å². The number of methoxy groups -OCH3 is 2. The summed E-state index contributed by atoms with van der Waals surface area (Å²) in [6, 6.07) is 7.27. The molecule has 0 saturated carbocycles. The molecule has 0 amide bonds. The number of esters is 1. The highest BCUT2D eigenvalue weighted by Crippen LogP contribution is 2.35. The fourth-order valence-corrected chi connectivity index (χ4v) is 3.13. The molecule has 0 radical (unpaired) electrons. The van der Waals surface area contributed by atoms with E-state index in [1.54, 1.807) is 32.4 Å². The van der Waals surface area contributed by atoms with Crippen molar-refractivity contribution in [1.82, 2.24) is 0 Å². The summed E-state index contributed by atoms with van der Waals surface area (Å²) in [7, 11) is 3.12. The average molecular weight is 394 g/mol. The molecule has 118 valence electrons. The fourth-order valence-electron chi connectivity index (χ4n) is 2.04. The van der Waals surface area contributed by atoms with Crippen LogP contribution in [-0.2, 0) is 9.53 Å². The molecule has 23 heavy (non-hydrogen) atoms. The number of nitrogens with zero attached hydrogens (tertiary/aromatic N) is 1. The van der Waals surface area contributed by atoms with Gasteiger partial charge in [-0.15, -0.1) is 11.3 Å². The van der Waals surface area contributed by atoms with Crippen LogP contribution in [0.15, 0.2) is 44.8 Å². The number of halogens is 1. The van der Waals surface area contributed by atoms with Gasteiger partial charge in [0.15, 0.2) is 17.2 Å². The first-order chi connectivity index (χ1) is 11.1. The van der Waals surface area contributed by atoms with Gasteiger partial charge < -0.3 is 14.2 Å². The second-order valence-corrected chi connectivity index (χ2v) is 6.34. The Morgan fingerprint density at radius 3 is 2.65 bits per heavy atom. The lowest BCUT2D eigenvalue weighted by molar-refractivity contribution is -0.129. The first kappa shape index (κ1) is 15.8. The van der Waals surface area contributed by atoms with E-state index in [1.807, 2.05) is 17.5 Å². The van der Waals surface area contributed by atoms with Crippen LogP contribution in [0.4, 0.5) is 0 Å². The third-order valence-corrected chi connectivity index (χ3v) is 4.69. The molecule has 2 heterocycles. The molecule has 1 aliphatic rings. The van der Waals surface area contributed by atoms with Gasteiger partial charge in [-0.25, -0.2) is 9.79 Å². The quantitative estimate of drug-likeness (QED) is 0.584. The zero-order valence-corrected chi connectivity index (χ0v) is 14.7. The predicted octanol–water partition coefficient (Wildman–Crippen LogP) is 3.87. The molecule has 3 rings (SSSR count). The van der Waals surface area contributed by atoms with Crippen LogP contribution in [0, 0.1) is 0 Å². The molecule has 1 aromatic carbocycles. The maximum Gasteiger partial charge on any atom is 0.363 e. The molecule has 2 aromatic rings. The van der Waals surface area contributed by atoms with Crippen LogP contribution in [0.3, 0.4) is 0 Å². The van der Waals surface area contributed by atoms with Crippen LogP contribution in [-0.4, -0.2) is 26.1 Å². The monoisotopic (exact) mass is 393 g/mol. The summed E-state index contributed by atoms with van der Waals surface area (Å²) in [5.74, 6) is 1.01. The van der Waals surface area contributed by atoms with E-state index in [1.165, 1.54) is 11.3 Å². The molecule has 0 spiro atoms. The van der Waals surface area contributed by atoms with Gasteiger partial charge in [0, 0.05) is 4.47 Å². The lowest BCUT2D eigenvalue weighted by Gasteiger charge is -2.09. The van der Waals surface area contributed by atoms with E-state index in [0.717, 1.165) is 14.9 Å². The van der Waals surface area contributed by atoms with Gasteiger partial charge in [0.2, 0.25) is 5.90 Å². The number of cyclic esters (lactones) is 1. The zero-order chi connectivity index (χ0) is 16.4. The maximum atomic E-state index is 12.0. The van der Waals surface area contributed by atoms with E-state index in [4.69, 9.17) is 14.2 Å². The Balaban J connectivity index is 2.00. The van der Waals surface area contributed by atoms with Gasteiger partial charge in [0.1, 0.15) is 0 Å². The number of carbonyl (C=O) groups is 1. The number of thiophene rings is 1. The van der Waals surface area contributed by atoms with E-state index >= 15 is 0 Å². The number of hydrogen-bond acceptors (Lipinski definition) is 6. The maximum absolute atomic E-state index is 12.0. The van der Waals surface area contributed by atoms with Crippen LogP contribution in [0.25, 0.3) is 6.08 Å². The largest absolute Gasteiger partial charge is 0.493 e. The second kappa shape index (κ2) is 6.55. The molecular formula is C16H12BrNO4S. The van der Waals surface area contributed by atoms with Crippen molar-refractivity contribution in [2.45, 2.75) is 0 Å². The Kier molecular flexibility index (Phi) is 4.49. The standard InChI is InChI=1S/C16H12BrNO4S/c1-20-12-7-9(10(17)8-13(12)21-2)6-11-16(19)22-15(18-11)14-4-3-5-23-14/h3-8H,1-2H3/b11-6-. The third-order valence-electron chi connectivity index (χ3n) is 3.15. The number of hydrogen-bond donors (Lipinski definition) is 0. The summed E-state index contributed by atoms with van der Waals surface area (Å²) in [4.78, 5) is 17.1. The molecule has 1 aliphatic heterocycles. The Bertz CT molecular complexity index is 812. The van der Waals surface area contributed by atoms with Gasteiger partial charge in [-0.05, 0) is 35.2 Å². The summed E-state index contributed by atoms with van der Waals surface area (Å²) in [6.07, 6.45) is 1.65. The Hall–Kier alpha value is -2.12. The summed E-state index contributed by atoms with van der Waals surface area (Å²) in [5.41, 5.74) is 0.979. The minimum atomic E-state index is -0.477. The van der Waals surface area contributed by atoms with Gasteiger partial charge in [-0.3, -0.25) is 0 Å². The van der Waals surface area contributed by atoms with E-state index in [2.05, 4.69) is 20.9 Å². The van der Waals surface area contributed by atoms with Crippen molar-refractivity contribution in [1.29, 1.82) is 0 Å². The molecule has 0 bridgehead atoms. The smallest absolute Gasteiger partial charge is 0.363 e. The first-order valence-electron chi connectivity index (χ1n) is 6.60.